The van der Waals surface area contributed by atoms with Crippen molar-refractivity contribution in [2.75, 3.05) is 5.32 Å². The number of para-hydroxylation sites is 1. The van der Waals surface area contributed by atoms with Gasteiger partial charge in [-0.1, -0.05) is 82.7 Å². The lowest BCUT2D eigenvalue weighted by atomic mass is 9.69. The molecule has 2 unspecified atom stereocenters. The Hall–Kier alpha value is -3.74. The van der Waals surface area contributed by atoms with Gasteiger partial charge in [-0.05, 0) is 47.5 Å². The van der Waals surface area contributed by atoms with Crippen LogP contribution in [0.4, 0.5) is 5.69 Å². The van der Waals surface area contributed by atoms with Crippen molar-refractivity contribution in [2.24, 2.45) is 5.92 Å². The van der Waals surface area contributed by atoms with E-state index in [9.17, 15) is 14.7 Å². The van der Waals surface area contributed by atoms with E-state index in [1.165, 1.54) is 12.1 Å². The largest absolute Gasteiger partial charge is 0.508 e. The molecule has 5 nitrogen and oxygen atoms in total. The molecule has 36 heavy (non-hydrogen) atoms. The lowest BCUT2D eigenvalue weighted by molar-refractivity contribution is -0.122. The summed E-state index contributed by atoms with van der Waals surface area (Å²) in [7, 11) is 0. The molecule has 4 atom stereocenters. The van der Waals surface area contributed by atoms with Gasteiger partial charge in [0.05, 0.1) is 5.92 Å². The lowest BCUT2D eigenvalue weighted by Crippen LogP contribution is -2.50. The second-order valence-electron chi connectivity index (χ2n) is 9.28. The van der Waals surface area contributed by atoms with Crippen LogP contribution in [0.2, 0.25) is 0 Å². The van der Waals surface area contributed by atoms with E-state index in [-0.39, 0.29) is 29.4 Å². The molecule has 2 aliphatic rings. The molecule has 4 aromatic carbocycles. The average Bonchev–Trinajstić information content (AvgIpc) is 3.40. The third-order valence-corrected chi connectivity index (χ3v) is 8.11. The number of benzene rings is 4. The number of fused-ring (bicyclic) bond motifs is 2. The number of rotatable bonds is 4. The van der Waals surface area contributed by atoms with Gasteiger partial charge in [0.25, 0.3) is 0 Å². The molecule has 6 heteroatoms. The standard InChI is InChI=1S/C30H23BrN2O3/c31-23-12-6-4-10-21(23)25-26(28(35)19-14-16-20(34)17-15-19)30(33-27(25)18-8-2-1-3-9-18)22-11-5-7-13-24(22)32-29(30)36/h1-17,25-27,33-34H,(H,32,36)/t25-,26?,27+,30?/m0/s1. The van der Waals surface area contributed by atoms with Gasteiger partial charge in [0.1, 0.15) is 11.3 Å². The predicted molar refractivity (Wildman–Crippen MR) is 142 cm³/mol. The van der Waals surface area contributed by atoms with E-state index in [1.54, 1.807) is 12.1 Å². The number of amides is 1. The number of halogens is 1. The first-order valence-electron chi connectivity index (χ1n) is 11.8. The number of ketones is 1. The number of hydrogen-bond acceptors (Lipinski definition) is 4. The normalized spacial score (nSPS) is 24.5. The molecule has 1 spiro atoms. The molecule has 0 radical (unpaired) electrons. The number of anilines is 1. The first-order valence-corrected chi connectivity index (χ1v) is 12.6. The third-order valence-electron chi connectivity index (χ3n) is 7.38. The highest BCUT2D eigenvalue weighted by molar-refractivity contribution is 9.10. The summed E-state index contributed by atoms with van der Waals surface area (Å²) in [5.41, 5.74) is 2.59. The van der Waals surface area contributed by atoms with Crippen molar-refractivity contribution in [3.8, 4) is 5.75 Å². The predicted octanol–water partition coefficient (Wildman–Crippen LogP) is 5.93. The van der Waals surface area contributed by atoms with E-state index in [0.717, 1.165) is 21.2 Å². The molecule has 0 saturated carbocycles. The van der Waals surface area contributed by atoms with Crippen molar-refractivity contribution in [2.45, 2.75) is 17.5 Å². The van der Waals surface area contributed by atoms with Crippen LogP contribution in [0, 0.1) is 5.92 Å². The summed E-state index contributed by atoms with van der Waals surface area (Å²) in [4.78, 5) is 28.3. The van der Waals surface area contributed by atoms with Gasteiger partial charge >= 0.3 is 0 Å². The zero-order valence-electron chi connectivity index (χ0n) is 19.2. The SMILES string of the molecule is O=C(c1ccc(O)cc1)C1[C@H](c2ccccc2Br)[C@@H](c2ccccc2)NC12C(=O)Nc1ccccc12. The van der Waals surface area contributed by atoms with Gasteiger partial charge in [-0.15, -0.1) is 0 Å². The van der Waals surface area contributed by atoms with Gasteiger partial charge in [-0.2, -0.15) is 0 Å². The number of hydrogen-bond donors (Lipinski definition) is 3. The quantitative estimate of drug-likeness (QED) is 0.281. The molecule has 0 aliphatic carbocycles. The summed E-state index contributed by atoms with van der Waals surface area (Å²) in [5.74, 6) is -1.43. The summed E-state index contributed by atoms with van der Waals surface area (Å²) >= 11 is 3.72. The summed E-state index contributed by atoms with van der Waals surface area (Å²) in [6, 6.07) is 31.3. The van der Waals surface area contributed by atoms with Gasteiger partial charge in [-0.3, -0.25) is 14.9 Å². The molecule has 3 N–H and O–H groups in total. The molecule has 2 aliphatic heterocycles. The van der Waals surface area contributed by atoms with Crippen molar-refractivity contribution >= 4 is 33.3 Å². The van der Waals surface area contributed by atoms with Crippen molar-refractivity contribution in [1.82, 2.24) is 5.32 Å². The molecular formula is C30H23BrN2O3. The number of aromatic hydroxyl groups is 1. The zero-order valence-corrected chi connectivity index (χ0v) is 20.8. The minimum absolute atomic E-state index is 0.0827. The monoisotopic (exact) mass is 538 g/mol. The molecule has 0 bridgehead atoms. The highest BCUT2D eigenvalue weighted by Gasteiger charge is 2.64. The van der Waals surface area contributed by atoms with Crippen molar-refractivity contribution in [3.63, 3.8) is 0 Å². The van der Waals surface area contributed by atoms with Crippen LogP contribution < -0.4 is 10.6 Å². The molecule has 6 rings (SSSR count). The zero-order chi connectivity index (χ0) is 24.9. The first-order chi connectivity index (χ1) is 17.5. The van der Waals surface area contributed by atoms with E-state index in [1.807, 2.05) is 78.9 Å². The highest BCUT2D eigenvalue weighted by Crippen LogP contribution is 2.58. The van der Waals surface area contributed by atoms with E-state index in [2.05, 4.69) is 26.6 Å². The number of nitrogens with one attached hydrogen (secondary N) is 2. The summed E-state index contributed by atoms with van der Waals surface area (Å²) < 4.78 is 0.880. The second kappa shape index (κ2) is 8.73. The second-order valence-corrected chi connectivity index (χ2v) is 10.1. The Balaban J connectivity index is 1.64. The van der Waals surface area contributed by atoms with Crippen LogP contribution in [0.25, 0.3) is 0 Å². The van der Waals surface area contributed by atoms with E-state index < -0.39 is 11.5 Å². The summed E-state index contributed by atoms with van der Waals surface area (Å²) in [6.07, 6.45) is 0. The van der Waals surface area contributed by atoms with Crippen molar-refractivity contribution in [3.05, 3.63) is 130 Å². The third kappa shape index (κ3) is 3.40. The maximum atomic E-state index is 14.4. The number of Topliss-reactive ketones (excluding diaryl/α,β-unsaturated/α-hetero) is 1. The maximum Gasteiger partial charge on any atom is 0.250 e. The van der Waals surface area contributed by atoms with Gasteiger partial charge in [0, 0.05) is 33.2 Å². The summed E-state index contributed by atoms with van der Waals surface area (Å²) in [6.45, 7) is 0. The fourth-order valence-corrected chi connectivity index (χ4v) is 6.39. The molecule has 178 valence electrons. The number of phenols is 1. The van der Waals surface area contributed by atoms with Crippen LogP contribution in [0.15, 0.2) is 108 Å². The Morgan fingerprint density at radius 2 is 1.50 bits per heavy atom. The topological polar surface area (TPSA) is 78.4 Å². The van der Waals surface area contributed by atoms with Crippen LogP contribution in [-0.4, -0.2) is 16.8 Å². The Bertz CT molecular complexity index is 1470. The van der Waals surface area contributed by atoms with E-state index >= 15 is 0 Å². The van der Waals surface area contributed by atoms with Gasteiger partial charge in [0.2, 0.25) is 5.91 Å². The average molecular weight is 539 g/mol. The van der Waals surface area contributed by atoms with Crippen molar-refractivity contribution < 1.29 is 14.7 Å². The van der Waals surface area contributed by atoms with Gasteiger partial charge in [0.15, 0.2) is 5.78 Å². The van der Waals surface area contributed by atoms with Gasteiger partial charge < -0.3 is 10.4 Å². The maximum absolute atomic E-state index is 14.4. The molecule has 1 saturated heterocycles. The Labute approximate surface area is 217 Å². The number of phenolic OH excluding ortho intramolecular Hbond substituents is 1. The fraction of sp³-hybridized carbons (Fsp3) is 0.133. The van der Waals surface area contributed by atoms with Crippen LogP contribution >= 0.6 is 15.9 Å². The highest BCUT2D eigenvalue weighted by atomic mass is 79.9. The Morgan fingerprint density at radius 1 is 0.833 bits per heavy atom. The molecule has 0 aromatic heterocycles. The van der Waals surface area contributed by atoms with E-state index in [0.29, 0.717) is 11.3 Å². The molecule has 2 heterocycles. The van der Waals surface area contributed by atoms with Crippen LogP contribution in [0.3, 0.4) is 0 Å². The first kappa shape index (κ1) is 22.7. The van der Waals surface area contributed by atoms with Crippen LogP contribution in [-0.2, 0) is 10.3 Å². The molecule has 4 aromatic rings. The molecule has 1 amide bonds. The van der Waals surface area contributed by atoms with Crippen molar-refractivity contribution in [1.29, 1.82) is 0 Å². The minimum atomic E-state index is -1.27. The number of carbonyl (C=O) groups excluding carboxylic acids is 2. The smallest absolute Gasteiger partial charge is 0.250 e. The summed E-state index contributed by atoms with van der Waals surface area (Å²) in [5, 5.41) is 16.5. The lowest BCUT2D eigenvalue weighted by Gasteiger charge is -2.31. The van der Waals surface area contributed by atoms with Gasteiger partial charge in [-0.25, -0.2) is 0 Å². The van der Waals surface area contributed by atoms with Crippen LogP contribution in [0.5, 0.6) is 5.75 Å². The Kier molecular flexibility index (Phi) is 5.51. The van der Waals surface area contributed by atoms with Crippen LogP contribution in [0.1, 0.15) is 39.0 Å². The molecule has 1 fully saturated rings. The van der Waals surface area contributed by atoms with E-state index in [4.69, 9.17) is 0 Å². The minimum Gasteiger partial charge on any atom is -0.508 e. The molecular weight excluding hydrogens is 516 g/mol. The number of carbonyl (C=O) groups is 2. The fourth-order valence-electron chi connectivity index (χ4n) is 5.84. The Morgan fingerprint density at radius 3 is 2.25 bits per heavy atom.